The van der Waals surface area contributed by atoms with Crippen molar-refractivity contribution in [3.8, 4) is 5.75 Å². The molecule has 6 heteroatoms. The molecule has 0 aromatic heterocycles. The average Bonchev–Trinajstić information content (AvgIpc) is 2.45. The van der Waals surface area contributed by atoms with Crippen LogP contribution in [0.3, 0.4) is 0 Å². The summed E-state index contributed by atoms with van der Waals surface area (Å²) in [5.74, 6) is 1.38. The summed E-state index contributed by atoms with van der Waals surface area (Å²) in [6.45, 7) is 4.55. The summed E-state index contributed by atoms with van der Waals surface area (Å²) in [6.07, 6.45) is 0.878. The van der Waals surface area contributed by atoms with E-state index in [1.165, 1.54) is 0 Å². The fourth-order valence-corrected chi connectivity index (χ4v) is 4.25. The summed E-state index contributed by atoms with van der Waals surface area (Å²) in [7, 11) is -2.83. The molecule has 1 aromatic rings. The number of hydrogen-bond acceptors (Lipinski definition) is 5. The van der Waals surface area contributed by atoms with Gasteiger partial charge in [0.2, 0.25) is 0 Å². The molecule has 1 saturated heterocycles. The highest BCUT2D eigenvalue weighted by molar-refractivity contribution is 7.91. The Kier molecular flexibility index (Phi) is 5.61. The maximum absolute atomic E-state index is 11.5. The Hall–Kier alpha value is -1.11. The molecule has 5 nitrogen and oxygen atoms in total. The SMILES string of the molecule is CC1CS(=O)(=O)CCN1CCCOc1ccccc1CN. The molecule has 0 spiro atoms. The van der Waals surface area contributed by atoms with Crippen LogP contribution >= 0.6 is 0 Å². The lowest BCUT2D eigenvalue weighted by Gasteiger charge is -2.32. The maximum Gasteiger partial charge on any atom is 0.153 e. The summed E-state index contributed by atoms with van der Waals surface area (Å²) < 4.78 is 28.8. The van der Waals surface area contributed by atoms with Gasteiger partial charge in [-0.1, -0.05) is 18.2 Å². The van der Waals surface area contributed by atoms with E-state index in [1.54, 1.807) is 0 Å². The van der Waals surface area contributed by atoms with Gasteiger partial charge in [0.25, 0.3) is 0 Å². The van der Waals surface area contributed by atoms with Crippen LogP contribution in [0.1, 0.15) is 18.9 Å². The zero-order chi connectivity index (χ0) is 15.3. The Morgan fingerprint density at radius 3 is 2.86 bits per heavy atom. The lowest BCUT2D eigenvalue weighted by atomic mass is 10.2. The van der Waals surface area contributed by atoms with Crippen LogP contribution in [-0.2, 0) is 16.4 Å². The molecule has 1 unspecified atom stereocenters. The predicted octanol–water partition coefficient (Wildman–Crippen LogP) is 1.03. The van der Waals surface area contributed by atoms with Crippen LogP contribution < -0.4 is 10.5 Å². The first-order chi connectivity index (χ1) is 10.0. The summed E-state index contributed by atoms with van der Waals surface area (Å²) in [5, 5.41) is 0. The minimum absolute atomic E-state index is 0.0973. The molecule has 21 heavy (non-hydrogen) atoms. The second-order valence-corrected chi connectivity index (χ2v) is 7.74. The Morgan fingerprint density at radius 2 is 2.14 bits per heavy atom. The van der Waals surface area contributed by atoms with Gasteiger partial charge in [-0.2, -0.15) is 0 Å². The first-order valence-electron chi connectivity index (χ1n) is 7.37. The van der Waals surface area contributed by atoms with E-state index >= 15 is 0 Å². The van der Waals surface area contributed by atoms with E-state index in [1.807, 2.05) is 31.2 Å². The van der Waals surface area contributed by atoms with Crippen LogP contribution in [0.5, 0.6) is 5.75 Å². The van der Waals surface area contributed by atoms with E-state index < -0.39 is 9.84 Å². The second kappa shape index (κ2) is 7.24. The molecule has 2 rings (SSSR count). The van der Waals surface area contributed by atoms with E-state index in [9.17, 15) is 8.42 Å². The van der Waals surface area contributed by atoms with Gasteiger partial charge in [-0.15, -0.1) is 0 Å². The molecule has 0 saturated carbocycles. The van der Waals surface area contributed by atoms with Crippen molar-refractivity contribution in [2.24, 2.45) is 5.73 Å². The number of nitrogens with two attached hydrogens (primary N) is 1. The van der Waals surface area contributed by atoms with Crippen LogP contribution in [-0.4, -0.2) is 50.6 Å². The molecule has 1 fully saturated rings. The Balaban J connectivity index is 1.75. The standard InChI is InChI=1S/C15H24N2O3S/c1-13-12-21(18,19)10-8-17(13)7-4-9-20-15-6-3-2-5-14(15)11-16/h2-3,5-6,13H,4,7-12,16H2,1H3. The molecule has 0 radical (unpaired) electrons. The molecule has 118 valence electrons. The monoisotopic (exact) mass is 312 g/mol. The number of para-hydroxylation sites is 1. The topological polar surface area (TPSA) is 72.6 Å². The smallest absolute Gasteiger partial charge is 0.153 e. The highest BCUT2D eigenvalue weighted by Crippen LogP contribution is 2.17. The van der Waals surface area contributed by atoms with Crippen LogP contribution in [0.4, 0.5) is 0 Å². The van der Waals surface area contributed by atoms with Crippen LogP contribution in [0.15, 0.2) is 24.3 Å². The third kappa shape index (κ3) is 4.69. The number of nitrogens with zero attached hydrogens (tertiary/aromatic N) is 1. The molecule has 2 N–H and O–H groups in total. The van der Waals surface area contributed by atoms with E-state index in [-0.39, 0.29) is 17.5 Å². The van der Waals surface area contributed by atoms with E-state index in [4.69, 9.17) is 10.5 Å². The van der Waals surface area contributed by atoms with Crippen molar-refractivity contribution in [2.75, 3.05) is 31.2 Å². The quantitative estimate of drug-likeness (QED) is 0.794. The number of hydrogen-bond donors (Lipinski definition) is 1. The van der Waals surface area contributed by atoms with Crippen molar-refractivity contribution >= 4 is 9.84 Å². The van der Waals surface area contributed by atoms with Crippen molar-refractivity contribution in [1.82, 2.24) is 4.90 Å². The Labute approximate surface area is 127 Å². The molecule has 0 aliphatic carbocycles. The maximum atomic E-state index is 11.5. The third-order valence-electron chi connectivity index (χ3n) is 3.85. The van der Waals surface area contributed by atoms with Gasteiger partial charge < -0.3 is 10.5 Å². The third-order valence-corrected chi connectivity index (χ3v) is 5.64. The van der Waals surface area contributed by atoms with Gasteiger partial charge >= 0.3 is 0 Å². The summed E-state index contributed by atoms with van der Waals surface area (Å²) in [4.78, 5) is 2.22. The van der Waals surface area contributed by atoms with Gasteiger partial charge in [0, 0.05) is 31.2 Å². The zero-order valence-electron chi connectivity index (χ0n) is 12.5. The number of ether oxygens (including phenoxy) is 1. The van der Waals surface area contributed by atoms with Crippen molar-refractivity contribution in [3.05, 3.63) is 29.8 Å². The molecule has 1 aliphatic heterocycles. The molecule has 1 aliphatic rings. The zero-order valence-corrected chi connectivity index (χ0v) is 13.3. The van der Waals surface area contributed by atoms with Gasteiger partial charge in [0.15, 0.2) is 9.84 Å². The number of rotatable bonds is 6. The lowest BCUT2D eigenvalue weighted by Crippen LogP contribution is -2.47. The van der Waals surface area contributed by atoms with Crippen molar-refractivity contribution in [3.63, 3.8) is 0 Å². The summed E-state index contributed by atoms with van der Waals surface area (Å²) >= 11 is 0. The first kappa shape index (κ1) is 16.3. The van der Waals surface area contributed by atoms with E-state index in [0.717, 1.165) is 24.3 Å². The van der Waals surface area contributed by atoms with Crippen LogP contribution in [0, 0.1) is 0 Å². The van der Waals surface area contributed by atoms with Crippen molar-refractivity contribution in [1.29, 1.82) is 0 Å². The molecule has 1 aromatic carbocycles. The molecule has 1 atom stereocenters. The predicted molar refractivity (Wildman–Crippen MR) is 84.1 cm³/mol. The molecular weight excluding hydrogens is 288 g/mol. The van der Waals surface area contributed by atoms with Crippen molar-refractivity contribution < 1.29 is 13.2 Å². The minimum Gasteiger partial charge on any atom is -0.493 e. The van der Waals surface area contributed by atoms with Gasteiger partial charge in [0.05, 0.1) is 18.1 Å². The summed E-state index contributed by atoms with van der Waals surface area (Å²) in [5.41, 5.74) is 6.68. The van der Waals surface area contributed by atoms with Crippen LogP contribution in [0.2, 0.25) is 0 Å². The lowest BCUT2D eigenvalue weighted by molar-refractivity contribution is 0.201. The normalized spacial score (nSPS) is 22.1. The molecule has 0 bridgehead atoms. The number of sulfone groups is 1. The highest BCUT2D eigenvalue weighted by atomic mass is 32.2. The second-order valence-electron chi connectivity index (χ2n) is 5.51. The molecular formula is C15H24N2O3S. The molecule has 0 amide bonds. The van der Waals surface area contributed by atoms with Gasteiger partial charge in [-0.05, 0) is 19.4 Å². The van der Waals surface area contributed by atoms with Gasteiger partial charge in [-0.3, -0.25) is 4.90 Å². The molecule has 1 heterocycles. The minimum atomic E-state index is -2.83. The van der Waals surface area contributed by atoms with E-state index in [0.29, 0.717) is 19.7 Å². The Morgan fingerprint density at radius 1 is 1.38 bits per heavy atom. The fraction of sp³-hybridized carbons (Fsp3) is 0.600. The first-order valence-corrected chi connectivity index (χ1v) is 9.19. The van der Waals surface area contributed by atoms with Crippen LogP contribution in [0.25, 0.3) is 0 Å². The summed E-state index contributed by atoms with van der Waals surface area (Å²) in [6, 6.07) is 7.88. The largest absolute Gasteiger partial charge is 0.493 e. The number of benzene rings is 1. The average molecular weight is 312 g/mol. The Bertz CT molecular complexity index is 560. The van der Waals surface area contributed by atoms with Gasteiger partial charge in [-0.25, -0.2) is 8.42 Å². The van der Waals surface area contributed by atoms with E-state index in [2.05, 4.69) is 4.90 Å². The highest BCUT2D eigenvalue weighted by Gasteiger charge is 2.27. The van der Waals surface area contributed by atoms with Crippen molar-refractivity contribution in [2.45, 2.75) is 25.9 Å². The fourth-order valence-electron chi connectivity index (χ4n) is 2.63. The van der Waals surface area contributed by atoms with Gasteiger partial charge in [0.1, 0.15) is 5.75 Å².